The monoisotopic (exact) mass is 256 g/mol. The van der Waals surface area contributed by atoms with E-state index in [1.54, 1.807) is 0 Å². The molecule has 0 aliphatic carbocycles. The molecule has 0 saturated heterocycles. The Balaban J connectivity index is 2.39. The summed E-state index contributed by atoms with van der Waals surface area (Å²) in [5.74, 6) is 0.671. The second-order valence-corrected chi connectivity index (χ2v) is 7.84. The summed E-state index contributed by atoms with van der Waals surface area (Å²) in [5, 5.41) is 5.43. The quantitative estimate of drug-likeness (QED) is 0.824. The van der Waals surface area contributed by atoms with Crippen molar-refractivity contribution in [2.75, 3.05) is 6.54 Å². The van der Waals surface area contributed by atoms with Crippen LogP contribution in [0.15, 0.2) is 4.99 Å². The fraction of sp³-hybridized carbons (Fsp3) is 0.929. The lowest BCUT2D eigenvalue weighted by Crippen LogP contribution is -2.36. The van der Waals surface area contributed by atoms with Crippen molar-refractivity contribution >= 4 is 16.9 Å². The molecule has 2 nitrogen and oxygen atoms in total. The highest BCUT2D eigenvalue weighted by atomic mass is 32.2. The van der Waals surface area contributed by atoms with Crippen molar-refractivity contribution in [3.05, 3.63) is 0 Å². The van der Waals surface area contributed by atoms with Gasteiger partial charge >= 0.3 is 0 Å². The zero-order valence-electron chi connectivity index (χ0n) is 12.2. The molecule has 1 N–H and O–H groups in total. The average Bonchev–Trinajstić information content (AvgIpc) is 2.58. The van der Waals surface area contributed by atoms with Gasteiger partial charge in [0.2, 0.25) is 0 Å². The second kappa shape index (κ2) is 6.12. The van der Waals surface area contributed by atoms with Crippen molar-refractivity contribution in [2.45, 2.75) is 65.7 Å². The van der Waals surface area contributed by atoms with Crippen LogP contribution < -0.4 is 5.32 Å². The number of hydrogen-bond acceptors (Lipinski definition) is 3. The third kappa shape index (κ3) is 5.33. The third-order valence-electron chi connectivity index (χ3n) is 3.11. The van der Waals surface area contributed by atoms with Crippen LogP contribution in [0.1, 0.15) is 54.4 Å². The van der Waals surface area contributed by atoms with Gasteiger partial charge in [-0.2, -0.15) is 0 Å². The first-order valence-electron chi connectivity index (χ1n) is 6.79. The summed E-state index contributed by atoms with van der Waals surface area (Å²) >= 11 is 1.94. The Labute approximate surface area is 111 Å². The standard InChI is InChI=1S/C14H28N2S/c1-7-12(10(2)3)16-13-15-9-11(17-13)8-14(4,5)6/h10-12H,7-9H2,1-6H3,(H,15,16). The Morgan fingerprint density at radius 3 is 2.53 bits per heavy atom. The van der Waals surface area contributed by atoms with Crippen molar-refractivity contribution in [2.24, 2.45) is 16.3 Å². The van der Waals surface area contributed by atoms with E-state index in [1.165, 1.54) is 18.0 Å². The summed E-state index contributed by atoms with van der Waals surface area (Å²) in [7, 11) is 0. The number of hydrogen-bond donors (Lipinski definition) is 1. The Kier molecular flexibility index (Phi) is 5.36. The van der Waals surface area contributed by atoms with Crippen LogP contribution in [-0.4, -0.2) is 23.0 Å². The number of aliphatic imine (C=N–C) groups is 1. The molecule has 0 amide bonds. The van der Waals surface area contributed by atoms with Gasteiger partial charge in [-0.3, -0.25) is 4.99 Å². The van der Waals surface area contributed by atoms with Gasteiger partial charge in [0.15, 0.2) is 5.17 Å². The van der Waals surface area contributed by atoms with Gasteiger partial charge < -0.3 is 5.32 Å². The van der Waals surface area contributed by atoms with E-state index in [1.807, 2.05) is 11.8 Å². The molecule has 0 fully saturated rings. The Hall–Kier alpha value is -0.180. The first-order chi connectivity index (χ1) is 7.81. The smallest absolute Gasteiger partial charge is 0.157 e. The minimum atomic E-state index is 0.408. The zero-order valence-corrected chi connectivity index (χ0v) is 13.0. The predicted molar refractivity (Wildman–Crippen MR) is 79.8 cm³/mol. The van der Waals surface area contributed by atoms with Crippen molar-refractivity contribution < 1.29 is 0 Å². The van der Waals surface area contributed by atoms with E-state index in [2.05, 4.69) is 51.9 Å². The number of nitrogens with zero attached hydrogens (tertiary/aromatic N) is 1. The lowest BCUT2D eigenvalue weighted by Gasteiger charge is -2.23. The van der Waals surface area contributed by atoms with Crippen LogP contribution >= 0.6 is 11.8 Å². The molecule has 1 aliphatic rings. The molecule has 17 heavy (non-hydrogen) atoms. The van der Waals surface area contributed by atoms with Crippen molar-refractivity contribution in [3.63, 3.8) is 0 Å². The molecular weight excluding hydrogens is 228 g/mol. The second-order valence-electron chi connectivity index (χ2n) is 6.55. The van der Waals surface area contributed by atoms with Crippen LogP contribution in [0, 0.1) is 11.3 Å². The molecule has 100 valence electrons. The van der Waals surface area contributed by atoms with E-state index in [4.69, 9.17) is 0 Å². The molecule has 0 aromatic carbocycles. The van der Waals surface area contributed by atoms with Gasteiger partial charge in [0.05, 0.1) is 6.54 Å². The molecule has 0 radical (unpaired) electrons. The minimum absolute atomic E-state index is 0.408. The van der Waals surface area contributed by atoms with Crippen LogP contribution in [0.2, 0.25) is 0 Å². The van der Waals surface area contributed by atoms with Crippen molar-refractivity contribution in [1.82, 2.24) is 5.32 Å². The van der Waals surface area contributed by atoms with E-state index in [0.29, 0.717) is 22.6 Å². The number of amidine groups is 1. The number of nitrogens with one attached hydrogen (secondary N) is 1. The van der Waals surface area contributed by atoms with Gasteiger partial charge in [0, 0.05) is 11.3 Å². The molecule has 0 saturated carbocycles. The maximum atomic E-state index is 4.64. The summed E-state index contributed by atoms with van der Waals surface area (Å²) < 4.78 is 0. The molecule has 1 aliphatic heterocycles. The lowest BCUT2D eigenvalue weighted by molar-refractivity contribution is 0.375. The van der Waals surface area contributed by atoms with Gasteiger partial charge in [0.1, 0.15) is 0 Å². The van der Waals surface area contributed by atoms with Gasteiger partial charge in [-0.1, -0.05) is 53.3 Å². The van der Waals surface area contributed by atoms with Crippen LogP contribution in [-0.2, 0) is 0 Å². The van der Waals surface area contributed by atoms with E-state index in [9.17, 15) is 0 Å². The van der Waals surface area contributed by atoms with E-state index < -0.39 is 0 Å². The first kappa shape index (κ1) is 14.9. The van der Waals surface area contributed by atoms with Gasteiger partial charge in [-0.05, 0) is 24.2 Å². The summed E-state index contributed by atoms with van der Waals surface area (Å²) in [6.45, 7) is 14.7. The molecule has 1 heterocycles. The van der Waals surface area contributed by atoms with Gasteiger partial charge in [-0.25, -0.2) is 0 Å². The van der Waals surface area contributed by atoms with Crippen molar-refractivity contribution in [3.8, 4) is 0 Å². The maximum absolute atomic E-state index is 4.64. The largest absolute Gasteiger partial charge is 0.362 e. The highest BCUT2D eigenvalue weighted by Gasteiger charge is 2.26. The fourth-order valence-electron chi connectivity index (χ4n) is 2.18. The van der Waals surface area contributed by atoms with Gasteiger partial charge in [-0.15, -0.1) is 0 Å². The Bertz CT molecular complexity index is 266. The Morgan fingerprint density at radius 1 is 1.41 bits per heavy atom. The predicted octanol–water partition coefficient (Wildman–Crippen LogP) is 3.92. The molecular formula is C14H28N2S. The topological polar surface area (TPSA) is 24.4 Å². The maximum Gasteiger partial charge on any atom is 0.157 e. The SMILES string of the molecule is CCC(NC1=NCC(CC(C)(C)C)S1)C(C)C. The molecule has 2 atom stereocenters. The molecule has 0 spiro atoms. The minimum Gasteiger partial charge on any atom is -0.362 e. The molecule has 0 aromatic heterocycles. The third-order valence-corrected chi connectivity index (χ3v) is 4.23. The molecule has 2 unspecified atom stereocenters. The zero-order chi connectivity index (χ0) is 13.1. The molecule has 1 rings (SSSR count). The summed E-state index contributed by atoms with van der Waals surface area (Å²) in [6.07, 6.45) is 2.41. The van der Waals surface area contributed by atoms with Crippen LogP contribution in [0.4, 0.5) is 0 Å². The first-order valence-corrected chi connectivity index (χ1v) is 7.67. The van der Waals surface area contributed by atoms with Crippen LogP contribution in [0.5, 0.6) is 0 Å². The highest BCUT2D eigenvalue weighted by molar-refractivity contribution is 8.14. The lowest BCUT2D eigenvalue weighted by atomic mass is 9.90. The number of rotatable bonds is 4. The molecule has 0 bridgehead atoms. The summed E-state index contributed by atoms with van der Waals surface area (Å²) in [5.41, 5.74) is 0.408. The van der Waals surface area contributed by atoms with Gasteiger partial charge in [0.25, 0.3) is 0 Å². The summed E-state index contributed by atoms with van der Waals surface area (Å²) in [6, 6.07) is 0.564. The highest BCUT2D eigenvalue weighted by Crippen LogP contribution is 2.31. The van der Waals surface area contributed by atoms with E-state index in [-0.39, 0.29) is 0 Å². The normalized spacial score (nSPS) is 22.8. The number of thioether (sulfide) groups is 1. The van der Waals surface area contributed by atoms with Crippen LogP contribution in [0.25, 0.3) is 0 Å². The fourth-order valence-corrected chi connectivity index (χ4v) is 3.60. The summed E-state index contributed by atoms with van der Waals surface area (Å²) in [4.78, 5) is 4.64. The van der Waals surface area contributed by atoms with Crippen LogP contribution in [0.3, 0.4) is 0 Å². The Morgan fingerprint density at radius 2 is 2.06 bits per heavy atom. The molecule has 3 heteroatoms. The van der Waals surface area contributed by atoms with E-state index >= 15 is 0 Å². The molecule has 0 aromatic rings. The average molecular weight is 256 g/mol. The van der Waals surface area contributed by atoms with Crippen molar-refractivity contribution in [1.29, 1.82) is 0 Å². The van der Waals surface area contributed by atoms with E-state index in [0.717, 1.165) is 6.54 Å².